The lowest BCUT2D eigenvalue weighted by atomic mass is 10.2. The number of rotatable bonds is 4. The molecule has 3 aromatic rings. The Kier molecular flexibility index (Phi) is 3.73. The number of benzene rings is 1. The molecule has 3 rings (SSSR count). The molecule has 1 N–H and O–H groups in total. The van der Waals surface area contributed by atoms with E-state index in [2.05, 4.69) is 20.1 Å². The molecule has 0 saturated carbocycles. The quantitative estimate of drug-likeness (QED) is 0.798. The number of thiazole rings is 1. The average molecular weight is 307 g/mol. The van der Waals surface area contributed by atoms with Crippen LogP contribution < -0.4 is 5.32 Å². The van der Waals surface area contributed by atoms with Crippen LogP contribution in [0, 0.1) is 25.5 Å². The Bertz CT molecular complexity index is 792. The van der Waals surface area contributed by atoms with E-state index in [9.17, 15) is 8.78 Å². The van der Waals surface area contributed by atoms with Gasteiger partial charge in [-0.3, -0.25) is 4.40 Å². The van der Waals surface area contributed by atoms with Crippen LogP contribution in [0.1, 0.15) is 22.6 Å². The summed E-state index contributed by atoms with van der Waals surface area (Å²) in [5.41, 5.74) is 3.47. The maximum Gasteiger partial charge on any atom is 0.194 e. The zero-order valence-electron chi connectivity index (χ0n) is 11.8. The van der Waals surface area contributed by atoms with Crippen LogP contribution in [-0.4, -0.2) is 9.38 Å². The first kappa shape index (κ1) is 14.2. The van der Waals surface area contributed by atoms with Crippen LogP contribution in [0.3, 0.4) is 0 Å². The van der Waals surface area contributed by atoms with Crippen LogP contribution in [0.5, 0.6) is 0 Å². The molecule has 1 aromatic carbocycles. The number of hydrogen-bond acceptors (Lipinski definition) is 3. The van der Waals surface area contributed by atoms with Crippen molar-refractivity contribution in [2.24, 2.45) is 0 Å². The lowest BCUT2D eigenvalue weighted by Crippen LogP contribution is -2.16. The lowest BCUT2D eigenvalue weighted by Gasteiger charge is -2.07. The Morgan fingerprint density at radius 1 is 1.24 bits per heavy atom. The fraction of sp³-hybridized carbons (Fsp3) is 0.267. The van der Waals surface area contributed by atoms with Gasteiger partial charge in [-0.15, -0.1) is 11.3 Å². The molecule has 0 saturated heterocycles. The molecule has 0 amide bonds. The number of nitrogens with one attached hydrogen (secondary N) is 1. The number of aryl methyl sites for hydroxylation is 2. The van der Waals surface area contributed by atoms with Crippen LogP contribution in [0.2, 0.25) is 0 Å². The van der Waals surface area contributed by atoms with E-state index in [1.807, 2.05) is 13.8 Å². The van der Waals surface area contributed by atoms with Crippen molar-refractivity contribution >= 4 is 16.3 Å². The van der Waals surface area contributed by atoms with E-state index in [4.69, 9.17) is 0 Å². The second-order valence-electron chi connectivity index (χ2n) is 4.98. The molecule has 6 heteroatoms. The Balaban J connectivity index is 1.76. The van der Waals surface area contributed by atoms with Crippen molar-refractivity contribution in [2.45, 2.75) is 26.9 Å². The third-order valence-corrected chi connectivity index (χ3v) is 4.39. The highest BCUT2D eigenvalue weighted by molar-refractivity contribution is 7.15. The van der Waals surface area contributed by atoms with Crippen molar-refractivity contribution in [3.05, 3.63) is 57.9 Å². The van der Waals surface area contributed by atoms with Gasteiger partial charge in [0, 0.05) is 29.7 Å². The number of halogens is 2. The van der Waals surface area contributed by atoms with Crippen molar-refractivity contribution in [3.63, 3.8) is 0 Å². The summed E-state index contributed by atoms with van der Waals surface area (Å²) in [7, 11) is 0. The molecule has 0 unspecified atom stereocenters. The van der Waals surface area contributed by atoms with E-state index in [1.54, 1.807) is 11.3 Å². The van der Waals surface area contributed by atoms with Crippen molar-refractivity contribution < 1.29 is 8.78 Å². The summed E-state index contributed by atoms with van der Waals surface area (Å²) in [6.45, 7) is 4.82. The number of fused-ring (bicyclic) bond motifs is 1. The van der Waals surface area contributed by atoms with Crippen LogP contribution in [-0.2, 0) is 13.1 Å². The summed E-state index contributed by atoms with van der Waals surface area (Å²) in [5.74, 6) is -0.824. The van der Waals surface area contributed by atoms with Gasteiger partial charge in [0.2, 0.25) is 0 Å². The molecule has 0 radical (unpaired) electrons. The fourth-order valence-electron chi connectivity index (χ4n) is 2.37. The summed E-state index contributed by atoms with van der Waals surface area (Å²) in [6, 6.07) is 3.49. The molecule has 2 aromatic heterocycles. The number of nitrogens with zero attached hydrogens (tertiary/aromatic N) is 2. The number of imidazole rings is 1. The highest BCUT2D eigenvalue weighted by Crippen LogP contribution is 2.20. The van der Waals surface area contributed by atoms with Crippen molar-refractivity contribution in [3.8, 4) is 0 Å². The molecule has 0 fully saturated rings. The van der Waals surface area contributed by atoms with Crippen LogP contribution >= 0.6 is 11.3 Å². The maximum atomic E-state index is 13.6. The minimum Gasteiger partial charge on any atom is -0.307 e. The van der Waals surface area contributed by atoms with Gasteiger partial charge in [-0.05, 0) is 32.0 Å². The van der Waals surface area contributed by atoms with E-state index < -0.39 is 11.6 Å². The first-order valence-electron chi connectivity index (χ1n) is 6.63. The van der Waals surface area contributed by atoms with Crippen molar-refractivity contribution in [1.82, 2.24) is 14.7 Å². The fourth-order valence-corrected chi connectivity index (χ4v) is 3.30. The van der Waals surface area contributed by atoms with E-state index in [-0.39, 0.29) is 6.54 Å². The zero-order chi connectivity index (χ0) is 15.0. The van der Waals surface area contributed by atoms with Crippen LogP contribution in [0.4, 0.5) is 8.78 Å². The van der Waals surface area contributed by atoms with Gasteiger partial charge in [0.15, 0.2) is 4.96 Å². The number of aromatic nitrogens is 2. The molecule has 0 spiro atoms. The van der Waals surface area contributed by atoms with Gasteiger partial charge in [0.1, 0.15) is 11.6 Å². The summed E-state index contributed by atoms with van der Waals surface area (Å²) < 4.78 is 28.8. The normalized spacial score (nSPS) is 11.4. The summed E-state index contributed by atoms with van der Waals surface area (Å²) in [6.07, 6.45) is 0. The smallest absolute Gasteiger partial charge is 0.194 e. The highest BCUT2D eigenvalue weighted by Gasteiger charge is 2.12. The minimum absolute atomic E-state index is 0.277. The first-order chi connectivity index (χ1) is 10.1. The standard InChI is InChI=1S/C15H15F2N3S/c1-9-8-21-15-19-10(2)14(20(9)15)7-18-6-11-5-12(16)3-4-13(11)17/h3-5,8,18H,6-7H2,1-2H3. The molecule has 21 heavy (non-hydrogen) atoms. The summed E-state index contributed by atoms with van der Waals surface area (Å²) in [5, 5.41) is 5.21. The van der Waals surface area contributed by atoms with Crippen LogP contribution in [0.25, 0.3) is 4.96 Å². The molecule has 0 aliphatic rings. The predicted molar refractivity (Wildman–Crippen MR) is 79.4 cm³/mol. The highest BCUT2D eigenvalue weighted by atomic mass is 32.1. The van der Waals surface area contributed by atoms with Gasteiger partial charge in [-0.25, -0.2) is 13.8 Å². The predicted octanol–water partition coefficient (Wildman–Crippen LogP) is 3.58. The van der Waals surface area contributed by atoms with Gasteiger partial charge in [0.05, 0.1) is 11.4 Å². The molecule has 0 aliphatic heterocycles. The van der Waals surface area contributed by atoms with E-state index in [1.165, 1.54) is 6.07 Å². The third kappa shape index (κ3) is 2.69. The summed E-state index contributed by atoms with van der Waals surface area (Å²) in [4.78, 5) is 5.46. The molecule has 110 valence electrons. The largest absolute Gasteiger partial charge is 0.307 e. The Morgan fingerprint density at radius 2 is 2.05 bits per heavy atom. The van der Waals surface area contributed by atoms with Crippen molar-refractivity contribution in [1.29, 1.82) is 0 Å². The summed E-state index contributed by atoms with van der Waals surface area (Å²) >= 11 is 1.60. The first-order valence-corrected chi connectivity index (χ1v) is 7.51. The van der Waals surface area contributed by atoms with Gasteiger partial charge in [-0.1, -0.05) is 0 Å². The second kappa shape index (κ2) is 5.54. The van der Waals surface area contributed by atoms with Gasteiger partial charge >= 0.3 is 0 Å². The van der Waals surface area contributed by atoms with E-state index in [0.29, 0.717) is 12.1 Å². The zero-order valence-corrected chi connectivity index (χ0v) is 12.6. The molecule has 3 nitrogen and oxygen atoms in total. The van der Waals surface area contributed by atoms with Gasteiger partial charge < -0.3 is 5.32 Å². The number of hydrogen-bond donors (Lipinski definition) is 1. The second-order valence-corrected chi connectivity index (χ2v) is 5.81. The van der Waals surface area contributed by atoms with E-state index in [0.717, 1.165) is 34.2 Å². The molecule has 0 atom stereocenters. The molecule has 2 heterocycles. The van der Waals surface area contributed by atoms with Gasteiger partial charge in [0.25, 0.3) is 0 Å². The molecule has 0 aliphatic carbocycles. The van der Waals surface area contributed by atoms with E-state index >= 15 is 0 Å². The molecule has 0 bridgehead atoms. The Labute approximate surface area is 125 Å². The monoisotopic (exact) mass is 307 g/mol. The SMILES string of the molecule is Cc1nc2scc(C)n2c1CNCc1cc(F)ccc1F. The topological polar surface area (TPSA) is 29.3 Å². The van der Waals surface area contributed by atoms with Crippen LogP contribution in [0.15, 0.2) is 23.6 Å². The average Bonchev–Trinajstić information content (AvgIpc) is 2.94. The Hall–Kier alpha value is -1.79. The van der Waals surface area contributed by atoms with Gasteiger partial charge in [-0.2, -0.15) is 0 Å². The minimum atomic E-state index is -0.426. The third-order valence-electron chi connectivity index (χ3n) is 3.45. The lowest BCUT2D eigenvalue weighted by molar-refractivity contribution is 0.566. The molecular formula is C15H15F2N3S. The van der Waals surface area contributed by atoms with Crippen molar-refractivity contribution in [2.75, 3.05) is 0 Å². The molecular weight excluding hydrogens is 292 g/mol. The maximum absolute atomic E-state index is 13.6. The Morgan fingerprint density at radius 3 is 2.86 bits per heavy atom.